The molecule has 0 radical (unpaired) electrons. The van der Waals surface area contributed by atoms with E-state index < -0.39 is 9.84 Å². The standard InChI is InChI=1S/C23H38N4O4S/c1-31-20(28)16-14-12-10-8-6-4-3-5-7-9-11-13-15-17-27-19-26-22-21(27)23(25-18-24-22)32(2,29)30/h18-19H,3-17H2,1-2H3. The fraction of sp³-hybridized carbons (Fsp3) is 0.739. The van der Waals surface area contributed by atoms with Gasteiger partial charge in [-0.25, -0.2) is 23.4 Å². The lowest BCUT2D eigenvalue weighted by Gasteiger charge is -2.07. The average molecular weight is 467 g/mol. The molecule has 0 saturated heterocycles. The van der Waals surface area contributed by atoms with Crippen LogP contribution in [0.2, 0.25) is 0 Å². The van der Waals surface area contributed by atoms with E-state index in [0.29, 0.717) is 17.6 Å². The molecular weight excluding hydrogens is 428 g/mol. The molecule has 0 saturated carbocycles. The van der Waals surface area contributed by atoms with Crippen LogP contribution in [0.3, 0.4) is 0 Å². The van der Waals surface area contributed by atoms with Crippen LogP contribution in [-0.4, -0.2) is 47.3 Å². The lowest BCUT2D eigenvalue weighted by atomic mass is 10.0. The maximum Gasteiger partial charge on any atom is 0.305 e. The van der Waals surface area contributed by atoms with Crippen molar-refractivity contribution in [2.75, 3.05) is 13.4 Å². The van der Waals surface area contributed by atoms with Gasteiger partial charge in [-0.3, -0.25) is 4.79 Å². The topological polar surface area (TPSA) is 104 Å². The number of nitrogens with zero attached hydrogens (tertiary/aromatic N) is 4. The molecule has 2 aromatic rings. The number of sulfone groups is 1. The highest BCUT2D eigenvalue weighted by Crippen LogP contribution is 2.19. The molecule has 2 rings (SSSR count). The number of aromatic nitrogens is 4. The summed E-state index contributed by atoms with van der Waals surface area (Å²) < 4.78 is 30.5. The number of fused-ring (bicyclic) bond motifs is 1. The molecule has 0 aliphatic heterocycles. The second kappa shape index (κ2) is 14.2. The van der Waals surface area contributed by atoms with Gasteiger partial charge in [0.1, 0.15) is 11.8 Å². The third-order valence-corrected chi connectivity index (χ3v) is 6.74. The van der Waals surface area contributed by atoms with E-state index in [1.54, 1.807) is 6.33 Å². The maximum atomic E-state index is 12.0. The van der Waals surface area contributed by atoms with E-state index in [0.717, 1.165) is 32.2 Å². The Morgan fingerprint density at radius 2 is 1.38 bits per heavy atom. The van der Waals surface area contributed by atoms with E-state index in [2.05, 4.69) is 19.7 Å². The summed E-state index contributed by atoms with van der Waals surface area (Å²) >= 11 is 0. The van der Waals surface area contributed by atoms with Crippen molar-refractivity contribution in [2.45, 2.75) is 101 Å². The molecule has 0 amide bonds. The zero-order valence-corrected chi connectivity index (χ0v) is 20.4. The van der Waals surface area contributed by atoms with Gasteiger partial charge in [-0.15, -0.1) is 0 Å². The predicted molar refractivity (Wildman–Crippen MR) is 125 cm³/mol. The summed E-state index contributed by atoms with van der Waals surface area (Å²) in [6, 6.07) is 0. The van der Waals surface area contributed by atoms with Crippen LogP contribution in [0.25, 0.3) is 11.2 Å². The van der Waals surface area contributed by atoms with Crippen LogP contribution in [0, 0.1) is 0 Å². The normalized spacial score (nSPS) is 11.8. The van der Waals surface area contributed by atoms with Gasteiger partial charge < -0.3 is 9.30 Å². The molecule has 0 fully saturated rings. The van der Waals surface area contributed by atoms with Crippen molar-refractivity contribution < 1.29 is 17.9 Å². The number of rotatable bonds is 17. The summed E-state index contributed by atoms with van der Waals surface area (Å²) in [5.74, 6) is -0.101. The third kappa shape index (κ3) is 9.22. The van der Waals surface area contributed by atoms with E-state index in [1.807, 2.05) is 4.57 Å². The van der Waals surface area contributed by atoms with Crippen molar-refractivity contribution in [1.82, 2.24) is 19.5 Å². The van der Waals surface area contributed by atoms with Crippen LogP contribution in [0.1, 0.15) is 89.9 Å². The Morgan fingerprint density at radius 3 is 1.91 bits per heavy atom. The Bertz CT molecular complexity index is 927. The van der Waals surface area contributed by atoms with Gasteiger partial charge in [-0.2, -0.15) is 0 Å². The highest BCUT2D eigenvalue weighted by Gasteiger charge is 2.18. The maximum absolute atomic E-state index is 12.0. The Labute approximate surface area is 192 Å². The van der Waals surface area contributed by atoms with Gasteiger partial charge >= 0.3 is 5.97 Å². The second-order valence-corrected chi connectivity index (χ2v) is 10.4. The second-order valence-electron chi connectivity index (χ2n) is 8.48. The SMILES string of the molecule is COC(=O)CCCCCCCCCCCCCCCn1cnc2ncnc(S(C)(=O)=O)c21. The number of hydrogen-bond donors (Lipinski definition) is 0. The first kappa shape index (κ1) is 26.2. The molecule has 0 unspecified atom stereocenters. The number of unbranched alkanes of at least 4 members (excludes halogenated alkanes) is 12. The number of hydrogen-bond acceptors (Lipinski definition) is 7. The van der Waals surface area contributed by atoms with Crippen molar-refractivity contribution in [3.8, 4) is 0 Å². The highest BCUT2D eigenvalue weighted by molar-refractivity contribution is 7.90. The first-order valence-electron chi connectivity index (χ1n) is 11.9. The molecule has 2 aromatic heterocycles. The lowest BCUT2D eigenvalue weighted by molar-refractivity contribution is -0.140. The smallest absolute Gasteiger partial charge is 0.305 e. The zero-order chi connectivity index (χ0) is 23.2. The summed E-state index contributed by atoms with van der Waals surface area (Å²) in [4.78, 5) is 23.3. The first-order valence-corrected chi connectivity index (χ1v) is 13.8. The van der Waals surface area contributed by atoms with Crippen LogP contribution in [-0.2, 0) is 25.9 Å². The van der Waals surface area contributed by atoms with Gasteiger partial charge in [-0.05, 0) is 12.8 Å². The van der Waals surface area contributed by atoms with Gasteiger partial charge in [0.2, 0.25) is 0 Å². The minimum absolute atomic E-state index is 0.0567. The summed E-state index contributed by atoms with van der Waals surface area (Å²) in [5.41, 5.74) is 0.945. The molecule has 32 heavy (non-hydrogen) atoms. The number of imidazole rings is 1. The molecule has 180 valence electrons. The highest BCUT2D eigenvalue weighted by atomic mass is 32.2. The Morgan fingerprint density at radius 1 is 0.844 bits per heavy atom. The summed E-state index contributed by atoms with van der Waals surface area (Å²) in [7, 11) is -1.97. The van der Waals surface area contributed by atoms with Crippen molar-refractivity contribution in [3.63, 3.8) is 0 Å². The number of ether oxygens (including phenoxy) is 1. The first-order chi connectivity index (χ1) is 15.4. The molecule has 0 aliphatic carbocycles. The molecule has 0 aromatic carbocycles. The van der Waals surface area contributed by atoms with E-state index in [1.165, 1.54) is 77.5 Å². The average Bonchev–Trinajstić information content (AvgIpc) is 3.18. The van der Waals surface area contributed by atoms with Crippen molar-refractivity contribution in [1.29, 1.82) is 0 Å². The van der Waals surface area contributed by atoms with Gasteiger partial charge in [-0.1, -0.05) is 70.6 Å². The predicted octanol–water partition coefficient (Wildman–Crippen LogP) is 4.86. The molecular formula is C23H38N4O4S. The van der Waals surface area contributed by atoms with Crippen molar-refractivity contribution >= 4 is 27.0 Å². The fourth-order valence-electron chi connectivity index (χ4n) is 3.92. The van der Waals surface area contributed by atoms with Crippen molar-refractivity contribution in [2.24, 2.45) is 0 Å². The molecule has 0 atom stereocenters. The van der Waals surface area contributed by atoms with Crippen LogP contribution < -0.4 is 0 Å². The van der Waals surface area contributed by atoms with E-state index in [-0.39, 0.29) is 11.0 Å². The molecule has 0 N–H and O–H groups in total. The number of carbonyl (C=O) groups excluding carboxylic acids is 1. The van der Waals surface area contributed by atoms with Crippen LogP contribution >= 0.6 is 0 Å². The summed E-state index contributed by atoms with van der Waals surface area (Å²) in [5, 5.41) is 0.0567. The van der Waals surface area contributed by atoms with E-state index in [9.17, 15) is 13.2 Å². The fourth-order valence-corrected chi connectivity index (χ4v) is 4.72. The van der Waals surface area contributed by atoms with E-state index in [4.69, 9.17) is 0 Å². The Hall–Kier alpha value is -2.03. The summed E-state index contributed by atoms with van der Waals surface area (Å²) in [6.45, 7) is 0.728. The Kier molecular flexibility index (Phi) is 11.6. The number of aryl methyl sites for hydroxylation is 1. The lowest BCUT2D eigenvalue weighted by Crippen LogP contribution is -2.06. The van der Waals surface area contributed by atoms with Crippen molar-refractivity contribution in [3.05, 3.63) is 12.7 Å². The molecule has 0 bridgehead atoms. The number of esters is 1. The largest absolute Gasteiger partial charge is 0.469 e. The number of carbonyl (C=O) groups is 1. The number of methoxy groups -OCH3 is 1. The third-order valence-electron chi connectivity index (χ3n) is 5.73. The van der Waals surface area contributed by atoms with Crippen LogP contribution in [0.15, 0.2) is 17.7 Å². The molecule has 0 aliphatic rings. The molecule has 2 heterocycles. The van der Waals surface area contributed by atoms with Gasteiger partial charge in [0, 0.05) is 19.2 Å². The van der Waals surface area contributed by atoms with E-state index >= 15 is 0 Å². The molecule has 0 spiro atoms. The minimum Gasteiger partial charge on any atom is -0.469 e. The van der Waals surface area contributed by atoms with Crippen LogP contribution in [0.4, 0.5) is 0 Å². The zero-order valence-electron chi connectivity index (χ0n) is 19.6. The molecule has 8 nitrogen and oxygen atoms in total. The van der Waals surface area contributed by atoms with Gasteiger partial charge in [0.15, 0.2) is 20.5 Å². The minimum atomic E-state index is -3.41. The molecule has 9 heteroatoms. The quantitative estimate of drug-likeness (QED) is 0.186. The summed E-state index contributed by atoms with van der Waals surface area (Å²) in [6.07, 6.45) is 20.2. The van der Waals surface area contributed by atoms with Gasteiger partial charge in [0.25, 0.3) is 0 Å². The Balaban J connectivity index is 1.48. The van der Waals surface area contributed by atoms with Crippen LogP contribution in [0.5, 0.6) is 0 Å². The van der Waals surface area contributed by atoms with Gasteiger partial charge in [0.05, 0.1) is 13.4 Å². The monoisotopic (exact) mass is 466 g/mol.